The number of rotatable bonds is 5. The maximum Gasteiger partial charge on any atom is 0.293 e. The van der Waals surface area contributed by atoms with Crippen LogP contribution in [0, 0.1) is 10.1 Å². The largest absolute Gasteiger partial charge is 0.368 e. The zero-order valence-corrected chi connectivity index (χ0v) is 16.9. The number of nitrogens with zero attached hydrogens (tertiary/aromatic N) is 4. The fraction of sp³-hybridized carbons (Fsp3) is 0.400. The van der Waals surface area contributed by atoms with E-state index in [9.17, 15) is 18.5 Å². The Kier molecular flexibility index (Phi) is 5.42. The molecular weight excluding hydrogens is 392 g/mol. The monoisotopic (exact) mass is 416 g/mol. The van der Waals surface area contributed by atoms with Gasteiger partial charge in [0.15, 0.2) is 0 Å². The van der Waals surface area contributed by atoms with Crippen LogP contribution in [0.5, 0.6) is 0 Å². The van der Waals surface area contributed by atoms with Crippen LogP contribution in [0.2, 0.25) is 0 Å². The number of nitro benzene ring substituents is 1. The second kappa shape index (κ2) is 8.00. The minimum Gasteiger partial charge on any atom is -0.368 e. The van der Waals surface area contributed by atoms with E-state index in [-0.39, 0.29) is 10.6 Å². The first kappa shape index (κ1) is 19.7. The SMILES string of the molecule is O=[N+]([O-])c1cc(S(=O)(=O)N2CCCC2)ccc1N1CCN(c2ccccc2)CC1. The van der Waals surface area contributed by atoms with Crippen molar-refractivity contribution in [3.8, 4) is 0 Å². The van der Waals surface area contributed by atoms with Crippen LogP contribution >= 0.6 is 0 Å². The number of para-hydroxylation sites is 1. The second-order valence-electron chi connectivity index (χ2n) is 7.33. The van der Waals surface area contributed by atoms with Crippen molar-refractivity contribution < 1.29 is 13.3 Å². The number of nitro groups is 1. The Morgan fingerprint density at radius 1 is 0.828 bits per heavy atom. The molecule has 2 aliphatic rings. The molecule has 4 rings (SSSR count). The molecule has 2 aromatic rings. The molecule has 9 heteroatoms. The van der Waals surface area contributed by atoms with Gasteiger partial charge < -0.3 is 9.80 Å². The molecular formula is C20H24N4O4S. The Balaban J connectivity index is 1.56. The van der Waals surface area contributed by atoms with Gasteiger partial charge in [0, 0.05) is 51.0 Å². The van der Waals surface area contributed by atoms with Gasteiger partial charge in [-0.2, -0.15) is 4.31 Å². The van der Waals surface area contributed by atoms with Crippen LogP contribution in [0.25, 0.3) is 0 Å². The summed E-state index contributed by atoms with van der Waals surface area (Å²) in [6.07, 6.45) is 1.65. The molecule has 0 atom stereocenters. The maximum atomic E-state index is 12.8. The van der Waals surface area contributed by atoms with E-state index in [2.05, 4.69) is 17.0 Å². The second-order valence-corrected chi connectivity index (χ2v) is 9.27. The molecule has 2 aromatic carbocycles. The average molecular weight is 417 g/mol. The van der Waals surface area contributed by atoms with Crippen LogP contribution in [0.1, 0.15) is 12.8 Å². The highest BCUT2D eigenvalue weighted by Crippen LogP contribution is 2.33. The van der Waals surface area contributed by atoms with Gasteiger partial charge in [0.2, 0.25) is 10.0 Å². The molecule has 29 heavy (non-hydrogen) atoms. The lowest BCUT2D eigenvalue weighted by Gasteiger charge is -2.37. The third kappa shape index (κ3) is 3.92. The van der Waals surface area contributed by atoms with Crippen molar-refractivity contribution in [1.29, 1.82) is 0 Å². The zero-order chi connectivity index (χ0) is 20.4. The first-order chi connectivity index (χ1) is 14.0. The van der Waals surface area contributed by atoms with Crippen molar-refractivity contribution >= 4 is 27.1 Å². The van der Waals surface area contributed by atoms with E-state index in [1.54, 1.807) is 6.07 Å². The average Bonchev–Trinajstić information content (AvgIpc) is 3.30. The lowest BCUT2D eigenvalue weighted by atomic mass is 10.2. The molecule has 0 saturated carbocycles. The van der Waals surface area contributed by atoms with Gasteiger partial charge in [0.05, 0.1) is 9.82 Å². The van der Waals surface area contributed by atoms with E-state index in [0.717, 1.165) is 31.6 Å². The minimum atomic E-state index is -3.68. The molecule has 2 aliphatic heterocycles. The van der Waals surface area contributed by atoms with Crippen molar-refractivity contribution in [2.24, 2.45) is 0 Å². The van der Waals surface area contributed by atoms with Crippen molar-refractivity contribution in [1.82, 2.24) is 4.31 Å². The van der Waals surface area contributed by atoms with Crippen LogP contribution in [0.4, 0.5) is 17.1 Å². The highest BCUT2D eigenvalue weighted by molar-refractivity contribution is 7.89. The lowest BCUT2D eigenvalue weighted by molar-refractivity contribution is -0.384. The van der Waals surface area contributed by atoms with Crippen LogP contribution in [0.3, 0.4) is 0 Å². The third-order valence-electron chi connectivity index (χ3n) is 5.59. The predicted octanol–water partition coefficient (Wildman–Crippen LogP) is 2.71. The quantitative estimate of drug-likeness (QED) is 0.550. The topological polar surface area (TPSA) is 87.0 Å². The first-order valence-electron chi connectivity index (χ1n) is 9.80. The molecule has 0 radical (unpaired) electrons. The van der Waals surface area contributed by atoms with Gasteiger partial charge in [-0.05, 0) is 37.1 Å². The third-order valence-corrected chi connectivity index (χ3v) is 7.48. The van der Waals surface area contributed by atoms with Crippen LogP contribution in [0.15, 0.2) is 53.4 Å². The molecule has 2 fully saturated rings. The van der Waals surface area contributed by atoms with E-state index in [1.807, 2.05) is 23.1 Å². The molecule has 0 unspecified atom stereocenters. The van der Waals surface area contributed by atoms with Gasteiger partial charge >= 0.3 is 0 Å². The fourth-order valence-electron chi connectivity index (χ4n) is 4.00. The Morgan fingerprint density at radius 2 is 1.45 bits per heavy atom. The maximum absolute atomic E-state index is 12.8. The van der Waals surface area contributed by atoms with Crippen molar-refractivity contribution in [3.05, 3.63) is 58.6 Å². The van der Waals surface area contributed by atoms with E-state index in [4.69, 9.17) is 0 Å². The Hall–Kier alpha value is -2.65. The van der Waals surface area contributed by atoms with Gasteiger partial charge in [-0.25, -0.2) is 8.42 Å². The van der Waals surface area contributed by atoms with Crippen LogP contribution < -0.4 is 9.80 Å². The smallest absolute Gasteiger partial charge is 0.293 e. The molecule has 8 nitrogen and oxygen atoms in total. The molecule has 154 valence electrons. The number of hydrogen-bond donors (Lipinski definition) is 0. The standard InChI is InChI=1S/C20H24N4O4S/c25-24(26)20-16-18(29(27,28)23-10-4-5-11-23)8-9-19(20)22-14-12-21(13-15-22)17-6-2-1-3-7-17/h1-3,6-9,16H,4-5,10-15H2. The molecule has 0 bridgehead atoms. The molecule has 0 aromatic heterocycles. The highest BCUT2D eigenvalue weighted by Gasteiger charge is 2.31. The predicted molar refractivity (Wildman–Crippen MR) is 112 cm³/mol. The van der Waals surface area contributed by atoms with E-state index in [0.29, 0.717) is 31.9 Å². The fourth-order valence-corrected chi connectivity index (χ4v) is 5.54. The van der Waals surface area contributed by atoms with E-state index in [1.165, 1.54) is 16.4 Å². The first-order valence-corrected chi connectivity index (χ1v) is 11.2. The van der Waals surface area contributed by atoms with E-state index < -0.39 is 14.9 Å². The highest BCUT2D eigenvalue weighted by atomic mass is 32.2. The lowest BCUT2D eigenvalue weighted by Crippen LogP contribution is -2.46. The molecule has 0 amide bonds. The molecule has 0 spiro atoms. The van der Waals surface area contributed by atoms with Gasteiger partial charge in [-0.3, -0.25) is 10.1 Å². The van der Waals surface area contributed by atoms with Crippen molar-refractivity contribution in [2.75, 3.05) is 49.1 Å². The summed E-state index contributed by atoms with van der Waals surface area (Å²) < 4.78 is 27.0. The molecule has 0 N–H and O–H groups in total. The summed E-state index contributed by atoms with van der Waals surface area (Å²) in [6, 6.07) is 14.4. The summed E-state index contributed by atoms with van der Waals surface area (Å²) in [5.74, 6) is 0. The summed E-state index contributed by atoms with van der Waals surface area (Å²) >= 11 is 0. The summed E-state index contributed by atoms with van der Waals surface area (Å²) in [6.45, 7) is 3.70. The normalized spacial score (nSPS) is 18.2. The minimum absolute atomic E-state index is 0.00206. The van der Waals surface area contributed by atoms with Gasteiger partial charge in [-0.15, -0.1) is 0 Å². The molecule has 2 saturated heterocycles. The summed E-state index contributed by atoms with van der Waals surface area (Å²) in [7, 11) is -3.68. The van der Waals surface area contributed by atoms with Crippen molar-refractivity contribution in [2.45, 2.75) is 17.7 Å². The van der Waals surface area contributed by atoms with Crippen LogP contribution in [-0.4, -0.2) is 56.9 Å². The Bertz CT molecular complexity index is 983. The molecule has 2 heterocycles. The number of hydrogen-bond acceptors (Lipinski definition) is 6. The number of piperazine rings is 1. The van der Waals surface area contributed by atoms with Crippen LogP contribution in [-0.2, 0) is 10.0 Å². The van der Waals surface area contributed by atoms with Gasteiger partial charge in [0.1, 0.15) is 5.69 Å². The molecule has 0 aliphatic carbocycles. The Morgan fingerprint density at radius 3 is 2.07 bits per heavy atom. The van der Waals surface area contributed by atoms with Crippen molar-refractivity contribution in [3.63, 3.8) is 0 Å². The van der Waals surface area contributed by atoms with Gasteiger partial charge in [0.25, 0.3) is 5.69 Å². The summed E-state index contributed by atoms with van der Waals surface area (Å²) in [4.78, 5) is 15.4. The van der Waals surface area contributed by atoms with Gasteiger partial charge in [-0.1, -0.05) is 18.2 Å². The number of anilines is 2. The summed E-state index contributed by atoms with van der Waals surface area (Å²) in [5.41, 5.74) is 1.45. The number of benzene rings is 2. The number of sulfonamides is 1. The zero-order valence-electron chi connectivity index (χ0n) is 16.1. The summed E-state index contributed by atoms with van der Waals surface area (Å²) in [5, 5.41) is 11.7. The Labute approximate surface area is 170 Å². The van der Waals surface area contributed by atoms with E-state index >= 15 is 0 Å².